The number of nitrogens with one attached hydrogen (secondary N) is 1. The molecule has 2 aromatic heterocycles. The van der Waals surface area contributed by atoms with E-state index in [0.717, 1.165) is 24.3 Å². The minimum absolute atomic E-state index is 0.0601. The third kappa shape index (κ3) is 3.96. The van der Waals surface area contributed by atoms with Crippen LogP contribution in [0.25, 0.3) is 10.6 Å². The van der Waals surface area contributed by atoms with Crippen LogP contribution in [0.3, 0.4) is 0 Å². The molecule has 0 saturated heterocycles. The number of aliphatic carboxylic acids is 1. The second kappa shape index (κ2) is 7.20. The Balaban J connectivity index is 1.29. The van der Waals surface area contributed by atoms with Gasteiger partial charge in [0.1, 0.15) is 0 Å². The van der Waals surface area contributed by atoms with Crippen molar-refractivity contribution in [2.24, 2.45) is 5.92 Å². The quantitative estimate of drug-likeness (QED) is 0.736. The minimum Gasteiger partial charge on any atom is -0.480 e. The molecule has 2 N–H and O–H groups in total. The van der Waals surface area contributed by atoms with E-state index in [1.165, 1.54) is 24.2 Å². The number of thiophene rings is 1. The molecule has 2 heterocycles. The number of hydrogen-bond donors (Lipinski definition) is 2. The molecule has 0 bridgehead atoms. The first-order valence-corrected chi connectivity index (χ1v) is 9.73. The molecule has 0 aliphatic heterocycles. The van der Waals surface area contributed by atoms with Gasteiger partial charge in [0.2, 0.25) is 0 Å². The smallest absolute Gasteiger partial charge is 0.317 e. The molecule has 0 atom stereocenters. The van der Waals surface area contributed by atoms with Gasteiger partial charge in [-0.05, 0) is 43.0 Å². The third-order valence-electron chi connectivity index (χ3n) is 5.00. The van der Waals surface area contributed by atoms with E-state index in [1.807, 2.05) is 22.4 Å². The number of rotatable bonds is 8. The molecule has 2 fully saturated rings. The fourth-order valence-corrected chi connectivity index (χ4v) is 4.00. The molecule has 2 aliphatic carbocycles. The number of hydrogen-bond acceptors (Lipinski definition) is 6. The van der Waals surface area contributed by atoms with Gasteiger partial charge in [-0.25, -0.2) is 0 Å². The van der Waals surface area contributed by atoms with Crippen LogP contribution in [-0.2, 0) is 4.79 Å². The average Bonchev–Trinajstić information content (AvgIpc) is 3.03. The zero-order chi connectivity index (χ0) is 18.1. The van der Waals surface area contributed by atoms with Gasteiger partial charge in [0.15, 0.2) is 11.5 Å². The summed E-state index contributed by atoms with van der Waals surface area (Å²) in [7, 11) is 0. The van der Waals surface area contributed by atoms with Crippen molar-refractivity contribution in [1.82, 2.24) is 15.4 Å². The number of amides is 1. The second-order valence-electron chi connectivity index (χ2n) is 7.12. The summed E-state index contributed by atoms with van der Waals surface area (Å²) in [5.74, 6) is 0.205. The number of nitrogens with zero attached hydrogens (tertiary/aromatic N) is 2. The van der Waals surface area contributed by atoms with E-state index in [4.69, 9.17) is 9.63 Å². The van der Waals surface area contributed by atoms with E-state index >= 15 is 0 Å². The van der Waals surface area contributed by atoms with Crippen LogP contribution in [0, 0.1) is 5.92 Å². The molecule has 2 saturated carbocycles. The van der Waals surface area contributed by atoms with Gasteiger partial charge in [0.05, 0.1) is 11.4 Å². The fraction of sp³-hybridized carbons (Fsp3) is 0.500. The van der Waals surface area contributed by atoms with Crippen molar-refractivity contribution < 1.29 is 19.2 Å². The highest BCUT2D eigenvalue weighted by atomic mass is 32.1. The molecule has 2 aliphatic rings. The van der Waals surface area contributed by atoms with Crippen LogP contribution in [0.15, 0.2) is 28.1 Å². The lowest BCUT2D eigenvalue weighted by atomic mass is 9.85. The maximum Gasteiger partial charge on any atom is 0.317 e. The van der Waals surface area contributed by atoms with Crippen LogP contribution in [0.4, 0.5) is 0 Å². The summed E-state index contributed by atoms with van der Waals surface area (Å²) in [6.45, 7) is 0.931. The van der Waals surface area contributed by atoms with Crippen molar-refractivity contribution in [3.8, 4) is 10.6 Å². The summed E-state index contributed by atoms with van der Waals surface area (Å²) in [4.78, 5) is 26.4. The molecule has 26 heavy (non-hydrogen) atoms. The normalized spacial score (nSPS) is 22.2. The molecule has 4 rings (SSSR count). The molecule has 0 radical (unpaired) electrons. The van der Waals surface area contributed by atoms with Gasteiger partial charge in [-0.15, -0.1) is 11.3 Å². The largest absolute Gasteiger partial charge is 0.480 e. The summed E-state index contributed by atoms with van der Waals surface area (Å²) in [5, 5.41) is 17.9. The Bertz CT molecular complexity index is 778. The molecule has 0 spiro atoms. The molecular formula is C18H21N3O4S. The van der Waals surface area contributed by atoms with E-state index in [1.54, 1.807) is 6.07 Å². The van der Waals surface area contributed by atoms with Crippen LogP contribution < -0.4 is 5.32 Å². The van der Waals surface area contributed by atoms with Gasteiger partial charge in [-0.2, -0.15) is 0 Å². The Morgan fingerprint density at radius 1 is 1.38 bits per heavy atom. The maximum atomic E-state index is 12.3. The number of carbonyl (C=O) groups excluding carboxylic acids is 1. The van der Waals surface area contributed by atoms with E-state index in [0.29, 0.717) is 11.7 Å². The summed E-state index contributed by atoms with van der Waals surface area (Å²) >= 11 is 1.53. The second-order valence-corrected chi connectivity index (χ2v) is 8.06. The molecular weight excluding hydrogens is 354 g/mol. The molecule has 0 unspecified atom stereocenters. The highest BCUT2D eigenvalue weighted by Crippen LogP contribution is 2.34. The summed E-state index contributed by atoms with van der Waals surface area (Å²) < 4.78 is 5.24. The van der Waals surface area contributed by atoms with Crippen molar-refractivity contribution in [1.29, 1.82) is 0 Å². The Labute approximate surface area is 155 Å². The SMILES string of the molecule is O=C(O)CN(CC1CC1)C1CC(NC(=O)c2cc(-c3cccs3)on2)C1. The van der Waals surface area contributed by atoms with Crippen molar-refractivity contribution in [2.75, 3.05) is 13.1 Å². The number of carbonyl (C=O) groups is 2. The van der Waals surface area contributed by atoms with E-state index in [9.17, 15) is 9.59 Å². The Kier molecular flexibility index (Phi) is 4.78. The average molecular weight is 375 g/mol. The van der Waals surface area contributed by atoms with Gasteiger partial charge in [0, 0.05) is 24.7 Å². The third-order valence-corrected chi connectivity index (χ3v) is 5.88. The fourth-order valence-electron chi connectivity index (χ4n) is 3.33. The zero-order valence-electron chi connectivity index (χ0n) is 14.3. The predicted octanol–water partition coefficient (Wildman–Crippen LogP) is 2.46. The molecule has 0 aromatic carbocycles. The Hall–Kier alpha value is -2.19. The highest BCUT2D eigenvalue weighted by Gasteiger charge is 2.38. The maximum absolute atomic E-state index is 12.3. The van der Waals surface area contributed by atoms with E-state index in [-0.39, 0.29) is 30.2 Å². The van der Waals surface area contributed by atoms with Crippen molar-refractivity contribution >= 4 is 23.2 Å². The number of carboxylic acid groups (broad SMARTS) is 1. The Morgan fingerprint density at radius 2 is 2.19 bits per heavy atom. The van der Waals surface area contributed by atoms with Crippen LogP contribution in [-0.4, -0.2) is 52.2 Å². The molecule has 138 valence electrons. The first-order valence-electron chi connectivity index (χ1n) is 8.86. The minimum atomic E-state index is -0.790. The van der Waals surface area contributed by atoms with E-state index < -0.39 is 5.97 Å². The van der Waals surface area contributed by atoms with Gasteiger partial charge in [0.25, 0.3) is 5.91 Å². The summed E-state index contributed by atoms with van der Waals surface area (Å²) in [6, 6.07) is 5.78. The first-order chi connectivity index (χ1) is 12.6. The van der Waals surface area contributed by atoms with Crippen LogP contribution >= 0.6 is 11.3 Å². The van der Waals surface area contributed by atoms with E-state index in [2.05, 4.69) is 10.5 Å². The Morgan fingerprint density at radius 3 is 2.85 bits per heavy atom. The van der Waals surface area contributed by atoms with Gasteiger partial charge >= 0.3 is 5.97 Å². The van der Waals surface area contributed by atoms with Crippen molar-refractivity contribution in [2.45, 2.75) is 37.8 Å². The number of aromatic nitrogens is 1. The van der Waals surface area contributed by atoms with Crippen molar-refractivity contribution in [3.63, 3.8) is 0 Å². The summed E-state index contributed by atoms with van der Waals surface area (Å²) in [5.41, 5.74) is 0.275. The van der Waals surface area contributed by atoms with Gasteiger partial charge in [-0.1, -0.05) is 11.2 Å². The predicted molar refractivity (Wildman–Crippen MR) is 96.0 cm³/mol. The van der Waals surface area contributed by atoms with Crippen LogP contribution in [0.1, 0.15) is 36.2 Å². The lowest BCUT2D eigenvalue weighted by molar-refractivity contribution is -0.139. The van der Waals surface area contributed by atoms with Crippen LogP contribution in [0.2, 0.25) is 0 Å². The van der Waals surface area contributed by atoms with Gasteiger partial charge in [-0.3, -0.25) is 14.5 Å². The molecule has 1 amide bonds. The lowest BCUT2D eigenvalue weighted by Gasteiger charge is -2.42. The topological polar surface area (TPSA) is 95.7 Å². The molecule has 8 heteroatoms. The molecule has 7 nitrogen and oxygen atoms in total. The standard InChI is InChI=1S/C18H21N3O4S/c22-17(23)10-21(9-11-3-4-11)13-6-12(7-13)19-18(24)14-8-15(25-20-14)16-2-1-5-26-16/h1-2,5,8,11-13H,3-4,6-7,9-10H2,(H,19,24)(H,22,23). The van der Waals surface area contributed by atoms with Gasteiger partial charge < -0.3 is 14.9 Å². The van der Waals surface area contributed by atoms with Crippen molar-refractivity contribution in [3.05, 3.63) is 29.3 Å². The molecule has 2 aromatic rings. The summed E-state index contributed by atoms with van der Waals surface area (Å²) in [6.07, 6.45) is 3.95. The first kappa shape index (κ1) is 17.2. The monoisotopic (exact) mass is 375 g/mol. The lowest BCUT2D eigenvalue weighted by Crippen LogP contribution is -2.55. The highest BCUT2D eigenvalue weighted by molar-refractivity contribution is 7.13. The number of carboxylic acids is 1. The van der Waals surface area contributed by atoms with Crippen LogP contribution in [0.5, 0.6) is 0 Å². The zero-order valence-corrected chi connectivity index (χ0v) is 15.1.